The van der Waals surface area contributed by atoms with E-state index in [1.165, 1.54) is 6.07 Å². The number of nitrogens with zero attached hydrogens (tertiary/aromatic N) is 3. The van der Waals surface area contributed by atoms with E-state index in [2.05, 4.69) is 18.2 Å². The zero-order valence-corrected chi connectivity index (χ0v) is 20.5. The third-order valence-electron chi connectivity index (χ3n) is 6.98. The lowest BCUT2D eigenvalue weighted by Gasteiger charge is -2.47. The fraction of sp³-hybridized carbons (Fsp3) is 0.308. The normalized spacial score (nSPS) is 21.7. The summed E-state index contributed by atoms with van der Waals surface area (Å²) in [7, 11) is 0. The Balaban J connectivity index is 1.59. The summed E-state index contributed by atoms with van der Waals surface area (Å²) in [5.41, 5.74) is 2.52. The SMILES string of the molecule is O=C1c2c(O)c(=O)ccn2N([C@@H]2c3ccccc3SCc3cccc(Cl)c32)CN1[C@@H]1CCCOC1. The highest BCUT2D eigenvalue weighted by atomic mass is 35.5. The number of carbonyl (C=O) groups is 1. The van der Waals surface area contributed by atoms with Crippen LogP contribution in [0.1, 0.15) is 46.1 Å². The number of fused-ring (bicyclic) bond motifs is 3. The second kappa shape index (κ2) is 8.93. The van der Waals surface area contributed by atoms with Gasteiger partial charge in [0, 0.05) is 40.1 Å². The fourth-order valence-corrected chi connectivity index (χ4v) is 6.67. The zero-order chi connectivity index (χ0) is 24.1. The molecular formula is C26H24ClN3O4S. The smallest absolute Gasteiger partial charge is 0.278 e. The van der Waals surface area contributed by atoms with Crippen molar-refractivity contribution < 1.29 is 14.6 Å². The zero-order valence-electron chi connectivity index (χ0n) is 18.9. The molecule has 1 aromatic heterocycles. The van der Waals surface area contributed by atoms with Gasteiger partial charge in [0.15, 0.2) is 11.4 Å². The Hall–Kier alpha value is -2.94. The van der Waals surface area contributed by atoms with Crippen molar-refractivity contribution in [2.75, 3.05) is 24.9 Å². The summed E-state index contributed by atoms with van der Waals surface area (Å²) in [5, 5.41) is 13.4. The number of aromatic hydroxyl groups is 1. The third-order valence-corrected chi connectivity index (χ3v) is 8.45. The van der Waals surface area contributed by atoms with Crippen LogP contribution in [-0.2, 0) is 10.5 Å². The van der Waals surface area contributed by atoms with Crippen molar-refractivity contribution >= 4 is 29.3 Å². The summed E-state index contributed by atoms with van der Waals surface area (Å²) in [6.45, 7) is 1.35. The topological polar surface area (TPSA) is 75.0 Å². The van der Waals surface area contributed by atoms with E-state index in [9.17, 15) is 14.7 Å². The summed E-state index contributed by atoms with van der Waals surface area (Å²) < 4.78 is 7.32. The van der Waals surface area contributed by atoms with Crippen LogP contribution in [0.5, 0.6) is 5.75 Å². The Bertz CT molecular complexity index is 1370. The summed E-state index contributed by atoms with van der Waals surface area (Å²) in [6.07, 6.45) is 3.21. The van der Waals surface area contributed by atoms with Crippen molar-refractivity contribution in [3.8, 4) is 5.75 Å². The number of carbonyl (C=O) groups excluding carboxylic acids is 1. The monoisotopic (exact) mass is 509 g/mol. The number of pyridine rings is 1. The van der Waals surface area contributed by atoms with Crippen LogP contribution in [0, 0.1) is 0 Å². The van der Waals surface area contributed by atoms with Gasteiger partial charge in [-0.1, -0.05) is 41.9 Å². The van der Waals surface area contributed by atoms with Crippen molar-refractivity contribution in [1.82, 2.24) is 9.58 Å². The predicted octanol–water partition coefficient (Wildman–Crippen LogP) is 4.13. The average Bonchev–Trinajstić information content (AvgIpc) is 3.05. The summed E-state index contributed by atoms with van der Waals surface area (Å²) >= 11 is 8.60. The van der Waals surface area contributed by atoms with Gasteiger partial charge in [0.05, 0.1) is 12.6 Å². The molecule has 1 fully saturated rings. The number of hydrogen-bond donors (Lipinski definition) is 1. The lowest BCUT2D eigenvalue weighted by atomic mass is 9.94. The molecule has 0 radical (unpaired) electrons. The van der Waals surface area contributed by atoms with Gasteiger partial charge in [-0.05, 0) is 36.1 Å². The third kappa shape index (κ3) is 3.71. The molecule has 0 unspecified atom stereocenters. The molecule has 2 aromatic carbocycles. The van der Waals surface area contributed by atoms with Crippen LogP contribution < -0.4 is 10.4 Å². The van der Waals surface area contributed by atoms with E-state index >= 15 is 0 Å². The van der Waals surface area contributed by atoms with E-state index in [0.717, 1.165) is 40.2 Å². The van der Waals surface area contributed by atoms with Crippen molar-refractivity contribution in [2.24, 2.45) is 0 Å². The molecule has 9 heteroatoms. The average molecular weight is 510 g/mol. The van der Waals surface area contributed by atoms with Gasteiger partial charge in [0.1, 0.15) is 12.7 Å². The highest BCUT2D eigenvalue weighted by Crippen LogP contribution is 2.45. The fourth-order valence-electron chi connectivity index (χ4n) is 5.28. The number of ether oxygens (including phenoxy) is 1. The number of aromatic nitrogens is 1. The molecule has 1 saturated heterocycles. The second-order valence-electron chi connectivity index (χ2n) is 8.99. The van der Waals surface area contributed by atoms with E-state index in [4.69, 9.17) is 16.3 Å². The van der Waals surface area contributed by atoms with Crippen LogP contribution in [0.4, 0.5) is 0 Å². The van der Waals surface area contributed by atoms with Gasteiger partial charge in [-0.25, -0.2) is 0 Å². The Morgan fingerprint density at radius 2 is 1.94 bits per heavy atom. The molecule has 1 amide bonds. The molecule has 3 aliphatic rings. The number of benzene rings is 2. The number of hydrogen-bond acceptors (Lipinski definition) is 6. The molecule has 6 rings (SSSR count). The minimum absolute atomic E-state index is 0.0303. The van der Waals surface area contributed by atoms with Crippen LogP contribution in [0.25, 0.3) is 0 Å². The summed E-state index contributed by atoms with van der Waals surface area (Å²) in [5.74, 6) is -0.152. The van der Waals surface area contributed by atoms with Crippen molar-refractivity contribution in [3.05, 3.63) is 92.4 Å². The van der Waals surface area contributed by atoms with Crippen molar-refractivity contribution in [2.45, 2.75) is 35.6 Å². The van der Waals surface area contributed by atoms with Crippen LogP contribution in [0.2, 0.25) is 5.02 Å². The maximum Gasteiger partial charge on any atom is 0.278 e. The van der Waals surface area contributed by atoms with E-state index in [-0.39, 0.29) is 30.4 Å². The van der Waals surface area contributed by atoms with Crippen LogP contribution >= 0.6 is 23.4 Å². The number of amides is 1. The molecule has 3 aliphatic heterocycles. The van der Waals surface area contributed by atoms with Crippen LogP contribution in [0.3, 0.4) is 0 Å². The molecular weight excluding hydrogens is 486 g/mol. The quantitative estimate of drug-likeness (QED) is 0.560. The van der Waals surface area contributed by atoms with Gasteiger partial charge in [-0.2, -0.15) is 0 Å². The first-order valence-electron chi connectivity index (χ1n) is 11.6. The Morgan fingerprint density at radius 3 is 2.77 bits per heavy atom. The number of halogens is 1. The van der Waals surface area contributed by atoms with Gasteiger partial charge in [0.25, 0.3) is 5.91 Å². The minimum Gasteiger partial charge on any atom is -0.502 e. The minimum atomic E-state index is -0.582. The Kier molecular flexibility index (Phi) is 5.75. The second-order valence-corrected chi connectivity index (χ2v) is 10.4. The van der Waals surface area contributed by atoms with E-state index in [1.54, 1.807) is 27.5 Å². The van der Waals surface area contributed by atoms with E-state index in [0.29, 0.717) is 18.2 Å². The molecule has 3 aromatic rings. The molecule has 1 N–H and O–H groups in total. The van der Waals surface area contributed by atoms with Gasteiger partial charge >= 0.3 is 0 Å². The van der Waals surface area contributed by atoms with Gasteiger partial charge < -0.3 is 14.7 Å². The first-order valence-corrected chi connectivity index (χ1v) is 13.0. The maximum absolute atomic E-state index is 13.6. The van der Waals surface area contributed by atoms with Crippen LogP contribution in [-0.4, -0.2) is 46.5 Å². The molecule has 4 heterocycles. The lowest BCUT2D eigenvalue weighted by molar-refractivity contribution is 0.00984. The predicted molar refractivity (Wildman–Crippen MR) is 135 cm³/mol. The highest BCUT2D eigenvalue weighted by molar-refractivity contribution is 7.98. The van der Waals surface area contributed by atoms with E-state index in [1.807, 2.05) is 29.3 Å². The standard InChI is InChI=1S/C26H24ClN3O4S/c27-19-8-3-5-16-14-35-21-9-2-1-7-18(21)23(22(16)19)30-15-28(17-6-4-12-34-13-17)26(33)24-25(32)20(31)10-11-29(24)30/h1-3,5,7-11,17,23,32H,4,6,12-15H2/t17-,23-/m1/s1. The lowest BCUT2D eigenvalue weighted by Crippen LogP contribution is -2.59. The van der Waals surface area contributed by atoms with Crippen molar-refractivity contribution in [1.29, 1.82) is 0 Å². The summed E-state index contributed by atoms with van der Waals surface area (Å²) in [4.78, 5) is 28.9. The van der Waals surface area contributed by atoms with Crippen molar-refractivity contribution in [3.63, 3.8) is 0 Å². The molecule has 7 nitrogen and oxygen atoms in total. The van der Waals surface area contributed by atoms with Gasteiger partial charge in [-0.3, -0.25) is 19.3 Å². The maximum atomic E-state index is 13.6. The Morgan fingerprint density at radius 1 is 1.09 bits per heavy atom. The molecule has 180 valence electrons. The molecule has 0 aliphatic carbocycles. The number of thioether (sulfide) groups is 1. The molecule has 0 bridgehead atoms. The van der Waals surface area contributed by atoms with Crippen LogP contribution in [0.15, 0.2) is 64.4 Å². The van der Waals surface area contributed by atoms with Gasteiger partial charge in [0.2, 0.25) is 5.43 Å². The molecule has 0 saturated carbocycles. The molecule has 35 heavy (non-hydrogen) atoms. The first-order chi connectivity index (χ1) is 17.0. The van der Waals surface area contributed by atoms with E-state index < -0.39 is 11.2 Å². The number of rotatable bonds is 2. The Labute approximate surface area is 211 Å². The highest BCUT2D eigenvalue weighted by Gasteiger charge is 2.41. The first kappa shape index (κ1) is 22.5. The summed E-state index contributed by atoms with van der Waals surface area (Å²) in [6, 6.07) is 14.9. The molecule has 2 atom stereocenters. The largest absolute Gasteiger partial charge is 0.502 e. The van der Waals surface area contributed by atoms with Gasteiger partial charge in [-0.15, -0.1) is 11.8 Å². The molecule has 0 spiro atoms.